The van der Waals surface area contributed by atoms with Crippen LogP contribution in [0.15, 0.2) is 0 Å². The van der Waals surface area contributed by atoms with Gasteiger partial charge in [-0.1, -0.05) is 6.92 Å². The number of amides is 2. The summed E-state index contributed by atoms with van der Waals surface area (Å²) in [4.78, 5) is 28.7. The molecule has 4 rings (SSSR count). The van der Waals surface area contributed by atoms with Gasteiger partial charge in [-0.05, 0) is 50.9 Å². The van der Waals surface area contributed by atoms with Gasteiger partial charge in [0.05, 0.1) is 6.04 Å². The van der Waals surface area contributed by atoms with E-state index in [9.17, 15) is 18.4 Å². The maximum Gasteiger partial charge on any atom is 0.237 e. The summed E-state index contributed by atoms with van der Waals surface area (Å²) in [7, 11) is 1.83. The van der Waals surface area contributed by atoms with Gasteiger partial charge in [0.15, 0.2) is 0 Å². The van der Waals surface area contributed by atoms with Crippen LogP contribution in [-0.2, 0) is 9.59 Å². The molecule has 4 aliphatic rings. The lowest BCUT2D eigenvalue weighted by Gasteiger charge is -2.38. The highest BCUT2D eigenvalue weighted by molar-refractivity contribution is 5.82. The van der Waals surface area contributed by atoms with Crippen molar-refractivity contribution in [2.75, 3.05) is 20.1 Å². The van der Waals surface area contributed by atoms with E-state index >= 15 is 0 Å². The average molecular weight is 441 g/mol. The molecule has 2 saturated carbocycles. The number of rotatable bonds is 4. The quantitative estimate of drug-likeness (QED) is 0.702. The van der Waals surface area contributed by atoms with E-state index in [0.717, 1.165) is 32.4 Å². The Morgan fingerprint density at radius 3 is 2.58 bits per heavy atom. The molecule has 2 amide bonds. The lowest BCUT2D eigenvalue weighted by atomic mass is 9.77. The van der Waals surface area contributed by atoms with E-state index in [4.69, 9.17) is 0 Å². The molecule has 0 spiro atoms. The second-order valence-corrected chi connectivity index (χ2v) is 10.4. The van der Waals surface area contributed by atoms with E-state index in [1.165, 1.54) is 0 Å². The summed E-state index contributed by atoms with van der Waals surface area (Å²) in [5.74, 6) is 0.230. The van der Waals surface area contributed by atoms with Crippen LogP contribution in [0, 0.1) is 11.8 Å². The third-order valence-corrected chi connectivity index (χ3v) is 8.38. The summed E-state index contributed by atoms with van der Waals surface area (Å²) in [5, 5.41) is 6.46. The van der Waals surface area contributed by atoms with E-state index in [2.05, 4.69) is 22.5 Å². The molecule has 2 aliphatic carbocycles. The molecule has 4 fully saturated rings. The number of halogens is 2. The minimum atomic E-state index is -0.942. The third kappa shape index (κ3) is 4.90. The van der Waals surface area contributed by atoms with Crippen molar-refractivity contribution in [1.29, 1.82) is 0 Å². The van der Waals surface area contributed by atoms with Crippen molar-refractivity contribution < 1.29 is 18.4 Å². The molecule has 0 radical (unpaired) electrons. The number of nitrogens with zero attached hydrogens (tertiary/aromatic N) is 2. The van der Waals surface area contributed by atoms with Crippen LogP contribution in [0.4, 0.5) is 8.78 Å². The summed E-state index contributed by atoms with van der Waals surface area (Å²) < 4.78 is 29.0. The van der Waals surface area contributed by atoms with E-state index in [0.29, 0.717) is 31.6 Å². The van der Waals surface area contributed by atoms with Crippen molar-refractivity contribution in [2.24, 2.45) is 11.8 Å². The van der Waals surface area contributed by atoms with Gasteiger partial charge in [0.25, 0.3) is 0 Å². The highest BCUT2D eigenvalue weighted by Gasteiger charge is 2.47. The smallest absolute Gasteiger partial charge is 0.237 e. The maximum absolute atomic E-state index is 14.6. The fourth-order valence-corrected chi connectivity index (χ4v) is 6.41. The molecular formula is C23H38F2N4O2. The first-order chi connectivity index (χ1) is 14.7. The number of likely N-dealkylation sites (N-methyl/N-ethyl adjacent to an activating group) is 1. The van der Waals surface area contributed by atoms with Crippen LogP contribution < -0.4 is 10.6 Å². The van der Waals surface area contributed by atoms with Crippen LogP contribution in [0.5, 0.6) is 0 Å². The zero-order valence-corrected chi connectivity index (χ0v) is 19.0. The number of likely N-dealkylation sites (tertiary alicyclic amines) is 1. The van der Waals surface area contributed by atoms with Gasteiger partial charge in [0.2, 0.25) is 11.8 Å². The van der Waals surface area contributed by atoms with E-state index in [-0.39, 0.29) is 47.9 Å². The molecular weight excluding hydrogens is 402 g/mol. The van der Waals surface area contributed by atoms with Crippen molar-refractivity contribution in [2.45, 2.75) is 101 Å². The minimum absolute atomic E-state index is 0.0541. The van der Waals surface area contributed by atoms with E-state index in [1.807, 2.05) is 7.05 Å². The molecule has 176 valence electrons. The molecule has 8 heteroatoms. The lowest BCUT2D eigenvalue weighted by molar-refractivity contribution is -0.129. The van der Waals surface area contributed by atoms with Crippen LogP contribution in [0.2, 0.25) is 0 Å². The molecule has 6 nitrogen and oxygen atoms in total. The van der Waals surface area contributed by atoms with E-state index in [1.54, 1.807) is 11.8 Å². The first kappa shape index (κ1) is 22.9. The molecule has 2 saturated heterocycles. The topological polar surface area (TPSA) is 64.7 Å². The Labute approximate surface area is 184 Å². The number of nitrogens with one attached hydrogen (secondary N) is 2. The van der Waals surface area contributed by atoms with Gasteiger partial charge in [-0.15, -0.1) is 0 Å². The average Bonchev–Trinajstić information content (AvgIpc) is 3.38. The Balaban J connectivity index is 1.32. The van der Waals surface area contributed by atoms with Crippen molar-refractivity contribution in [3.05, 3.63) is 0 Å². The minimum Gasteiger partial charge on any atom is -0.352 e. The van der Waals surface area contributed by atoms with Gasteiger partial charge in [-0.2, -0.15) is 0 Å². The van der Waals surface area contributed by atoms with Gasteiger partial charge in [-0.3, -0.25) is 14.5 Å². The van der Waals surface area contributed by atoms with Gasteiger partial charge in [0, 0.05) is 57.1 Å². The van der Waals surface area contributed by atoms with Crippen LogP contribution in [-0.4, -0.2) is 84.3 Å². The van der Waals surface area contributed by atoms with Crippen LogP contribution in [0.3, 0.4) is 0 Å². The van der Waals surface area contributed by atoms with Crippen LogP contribution in [0.25, 0.3) is 0 Å². The van der Waals surface area contributed by atoms with Crippen LogP contribution >= 0.6 is 0 Å². The summed E-state index contributed by atoms with van der Waals surface area (Å²) in [6, 6.07) is -0.269. The second kappa shape index (κ2) is 9.30. The summed E-state index contributed by atoms with van der Waals surface area (Å²) in [6.45, 7) is 5.32. The molecule has 2 heterocycles. The molecule has 2 aliphatic heterocycles. The van der Waals surface area contributed by atoms with Gasteiger partial charge in [0.1, 0.15) is 12.3 Å². The van der Waals surface area contributed by atoms with Gasteiger partial charge >= 0.3 is 0 Å². The highest BCUT2D eigenvalue weighted by atomic mass is 19.1. The molecule has 0 aromatic carbocycles. The van der Waals surface area contributed by atoms with Crippen molar-refractivity contribution in [3.63, 3.8) is 0 Å². The SMILES string of the molecule is CC(=O)N(C)[C@@H]1CCN(C2CC(F)CC(NC(=O)C3CC4C(F)CCC(C)C4N3)C2)C1. The van der Waals surface area contributed by atoms with Crippen molar-refractivity contribution >= 4 is 11.8 Å². The van der Waals surface area contributed by atoms with Crippen LogP contribution in [0.1, 0.15) is 58.8 Å². The fraction of sp³-hybridized carbons (Fsp3) is 0.913. The molecule has 8 unspecified atom stereocenters. The normalized spacial score (nSPS) is 43.5. The Hall–Kier alpha value is -1.28. The Morgan fingerprint density at radius 1 is 1.10 bits per heavy atom. The zero-order chi connectivity index (χ0) is 22.3. The summed E-state index contributed by atoms with van der Waals surface area (Å²) >= 11 is 0. The second-order valence-electron chi connectivity index (χ2n) is 10.4. The Morgan fingerprint density at radius 2 is 1.87 bits per heavy atom. The number of fused-ring (bicyclic) bond motifs is 1. The number of carbonyl (C=O) groups excluding carboxylic acids is 2. The molecule has 9 atom stereocenters. The molecule has 0 aromatic rings. The lowest BCUT2D eigenvalue weighted by Crippen LogP contribution is -2.53. The Kier molecular flexibility index (Phi) is 6.87. The predicted octanol–water partition coefficient (Wildman–Crippen LogP) is 2.03. The van der Waals surface area contributed by atoms with E-state index < -0.39 is 12.3 Å². The third-order valence-electron chi connectivity index (χ3n) is 8.38. The number of carbonyl (C=O) groups is 2. The van der Waals surface area contributed by atoms with Crippen molar-refractivity contribution in [3.8, 4) is 0 Å². The van der Waals surface area contributed by atoms with Gasteiger partial charge < -0.3 is 15.5 Å². The Bertz CT molecular complexity index is 662. The number of hydrogen-bond donors (Lipinski definition) is 2. The standard InChI is InChI=1S/C23H38F2N4O2/c1-13-4-5-20(25)19-11-21(27-22(13)19)23(31)26-16-8-15(24)9-18(10-16)29-7-6-17(12-29)28(3)14(2)30/h13,15-22,27H,4-12H2,1-3H3,(H,26,31)/t13?,15?,16?,17-,18?,19?,20?,21?,22?/m1/s1. The monoisotopic (exact) mass is 440 g/mol. The van der Waals surface area contributed by atoms with Gasteiger partial charge in [-0.25, -0.2) is 8.78 Å². The highest BCUT2D eigenvalue weighted by Crippen LogP contribution is 2.39. The molecule has 31 heavy (non-hydrogen) atoms. The maximum atomic E-state index is 14.6. The predicted molar refractivity (Wildman–Crippen MR) is 115 cm³/mol. The number of hydrogen-bond acceptors (Lipinski definition) is 4. The number of alkyl halides is 2. The molecule has 0 bridgehead atoms. The van der Waals surface area contributed by atoms with Crippen molar-refractivity contribution in [1.82, 2.24) is 20.4 Å². The molecule has 0 aromatic heterocycles. The zero-order valence-electron chi connectivity index (χ0n) is 19.0. The summed E-state index contributed by atoms with van der Waals surface area (Å²) in [5.41, 5.74) is 0. The molecule has 2 N–H and O–H groups in total. The largest absolute Gasteiger partial charge is 0.352 e. The first-order valence-corrected chi connectivity index (χ1v) is 12.0. The fourth-order valence-electron chi connectivity index (χ4n) is 6.41. The summed E-state index contributed by atoms with van der Waals surface area (Å²) in [6.07, 6.45) is 2.64. The first-order valence-electron chi connectivity index (χ1n) is 12.0.